The first-order valence-electron chi connectivity index (χ1n) is 13.6. The van der Waals surface area contributed by atoms with Crippen molar-refractivity contribution in [1.29, 1.82) is 0 Å². The van der Waals surface area contributed by atoms with Crippen LogP contribution in [0.4, 0.5) is 0 Å². The van der Waals surface area contributed by atoms with Crippen molar-refractivity contribution in [1.82, 2.24) is 0 Å². The molecule has 4 aliphatic rings. The summed E-state index contributed by atoms with van der Waals surface area (Å²) in [5.41, 5.74) is 2.43. The van der Waals surface area contributed by atoms with Crippen molar-refractivity contribution in [2.24, 2.45) is 34.5 Å². The Hall–Kier alpha value is -0.640. The molecule has 188 valence electrons. The lowest BCUT2D eigenvalue weighted by Crippen LogP contribution is -2.58. The van der Waals surface area contributed by atoms with E-state index in [1.165, 1.54) is 36.8 Å². The molecule has 0 aliphatic heterocycles. The standard InChI is InChI=1S/C32H40Br2O/c1-21-17-19-25-27(3,4)31(25,29(21,33)23-13-9-7-10-14-23)35-32-26(28(32,5)6)20-18-22(2)30(32,34)24-15-11-8-12-16-24/h7-16,21-22,25-26H,17-20H2,1-6H3. The van der Waals surface area contributed by atoms with Crippen LogP contribution in [0.25, 0.3) is 0 Å². The van der Waals surface area contributed by atoms with Crippen molar-refractivity contribution in [3.05, 3.63) is 71.8 Å². The van der Waals surface area contributed by atoms with E-state index in [1.54, 1.807) is 0 Å². The first-order chi connectivity index (χ1) is 16.4. The number of fused-ring (bicyclic) bond motifs is 2. The zero-order chi connectivity index (χ0) is 25.1. The van der Waals surface area contributed by atoms with Gasteiger partial charge in [-0.05, 0) is 60.5 Å². The Labute approximate surface area is 229 Å². The van der Waals surface area contributed by atoms with Crippen LogP contribution in [0.1, 0.15) is 78.4 Å². The third-order valence-electron chi connectivity index (χ3n) is 11.4. The predicted molar refractivity (Wildman–Crippen MR) is 152 cm³/mol. The van der Waals surface area contributed by atoms with E-state index < -0.39 is 0 Å². The Morgan fingerprint density at radius 3 is 1.29 bits per heavy atom. The number of halogens is 2. The van der Waals surface area contributed by atoms with Crippen LogP contribution in [0.5, 0.6) is 0 Å². The minimum atomic E-state index is -0.254. The van der Waals surface area contributed by atoms with E-state index in [9.17, 15) is 0 Å². The summed E-state index contributed by atoms with van der Waals surface area (Å²) in [6, 6.07) is 22.3. The average molecular weight is 600 g/mol. The Morgan fingerprint density at radius 2 is 0.943 bits per heavy atom. The van der Waals surface area contributed by atoms with Gasteiger partial charge in [0.2, 0.25) is 0 Å². The monoisotopic (exact) mass is 598 g/mol. The number of rotatable bonds is 4. The molecule has 0 amide bonds. The van der Waals surface area contributed by atoms with Gasteiger partial charge in [0.1, 0.15) is 0 Å². The van der Waals surface area contributed by atoms with Crippen LogP contribution in [0, 0.1) is 34.5 Å². The van der Waals surface area contributed by atoms with Crippen LogP contribution in [0.2, 0.25) is 0 Å². The largest absolute Gasteiger partial charge is 0.363 e. The van der Waals surface area contributed by atoms with Crippen molar-refractivity contribution in [3.63, 3.8) is 0 Å². The molecule has 35 heavy (non-hydrogen) atoms. The Balaban J connectivity index is 1.57. The van der Waals surface area contributed by atoms with Crippen LogP contribution in [0.15, 0.2) is 60.7 Å². The maximum absolute atomic E-state index is 8.07. The number of hydrogen-bond acceptors (Lipinski definition) is 1. The molecule has 8 unspecified atom stereocenters. The first-order valence-corrected chi connectivity index (χ1v) is 15.2. The fourth-order valence-corrected chi connectivity index (χ4v) is 12.1. The molecule has 0 bridgehead atoms. The van der Waals surface area contributed by atoms with Crippen LogP contribution < -0.4 is 0 Å². The van der Waals surface area contributed by atoms with Gasteiger partial charge in [-0.25, -0.2) is 0 Å². The summed E-state index contributed by atoms with van der Waals surface area (Å²) in [6.07, 6.45) is 4.94. The third kappa shape index (κ3) is 2.65. The number of hydrogen-bond donors (Lipinski definition) is 0. The second kappa shape index (κ2) is 7.48. The quantitative estimate of drug-likeness (QED) is 0.318. The van der Waals surface area contributed by atoms with Gasteiger partial charge in [0.25, 0.3) is 0 Å². The van der Waals surface area contributed by atoms with Crippen molar-refractivity contribution >= 4 is 31.9 Å². The summed E-state index contributed by atoms with van der Waals surface area (Å²) >= 11 is 8.97. The summed E-state index contributed by atoms with van der Waals surface area (Å²) in [6.45, 7) is 14.8. The van der Waals surface area contributed by atoms with E-state index in [0.717, 1.165) is 0 Å². The minimum absolute atomic E-state index is 0.0976. The van der Waals surface area contributed by atoms with Crippen molar-refractivity contribution in [2.75, 3.05) is 0 Å². The maximum Gasteiger partial charge on any atom is 0.0975 e. The Kier molecular flexibility index (Phi) is 5.27. The van der Waals surface area contributed by atoms with E-state index in [2.05, 4.69) is 134 Å². The molecule has 4 fully saturated rings. The average Bonchev–Trinajstić information content (AvgIpc) is 3.56. The summed E-state index contributed by atoms with van der Waals surface area (Å²) in [5, 5.41) is 0. The van der Waals surface area contributed by atoms with Crippen LogP contribution >= 0.6 is 31.9 Å². The van der Waals surface area contributed by atoms with Crippen LogP contribution in [-0.2, 0) is 13.4 Å². The molecule has 2 aromatic rings. The Bertz CT molecular complexity index is 1040. The molecule has 6 rings (SSSR count). The molecule has 3 heteroatoms. The molecule has 0 N–H and O–H groups in total. The van der Waals surface area contributed by atoms with Crippen molar-refractivity contribution in [3.8, 4) is 0 Å². The van der Waals surface area contributed by atoms with E-state index >= 15 is 0 Å². The zero-order valence-electron chi connectivity index (χ0n) is 22.1. The molecule has 0 aromatic heterocycles. The van der Waals surface area contributed by atoms with Crippen LogP contribution in [-0.4, -0.2) is 11.2 Å². The smallest absolute Gasteiger partial charge is 0.0975 e. The zero-order valence-corrected chi connectivity index (χ0v) is 25.2. The maximum atomic E-state index is 8.07. The fraction of sp³-hybridized carbons (Fsp3) is 0.625. The number of benzene rings is 2. The SMILES string of the molecule is CC1CCC2C(C)(C)C2(OC23C(CCC(C)C2(Br)c2ccccc2)C3(C)C)C1(Br)c1ccccc1. The molecular formula is C32H40Br2O. The molecule has 0 spiro atoms. The summed E-state index contributed by atoms with van der Waals surface area (Å²) < 4.78 is 7.65. The highest BCUT2D eigenvalue weighted by molar-refractivity contribution is 9.10. The van der Waals surface area contributed by atoms with Crippen molar-refractivity contribution < 1.29 is 4.74 Å². The summed E-state index contributed by atoms with van der Waals surface area (Å²) in [4.78, 5) is 0. The predicted octanol–water partition coefficient (Wildman–Crippen LogP) is 9.23. The van der Waals surface area contributed by atoms with E-state index in [1.807, 2.05) is 0 Å². The molecule has 2 aromatic carbocycles. The van der Waals surface area contributed by atoms with Gasteiger partial charge < -0.3 is 4.74 Å². The topological polar surface area (TPSA) is 9.23 Å². The molecule has 0 saturated heterocycles. The van der Waals surface area contributed by atoms with Gasteiger partial charge in [-0.1, -0.05) is 134 Å². The van der Waals surface area contributed by atoms with E-state index in [0.29, 0.717) is 23.7 Å². The fourth-order valence-electron chi connectivity index (χ4n) is 9.36. The first kappa shape index (κ1) is 24.7. The second-order valence-corrected chi connectivity index (χ2v) is 15.7. The van der Waals surface area contributed by atoms with Gasteiger partial charge >= 0.3 is 0 Å². The van der Waals surface area contributed by atoms with Crippen molar-refractivity contribution in [2.45, 2.75) is 87.1 Å². The lowest BCUT2D eigenvalue weighted by atomic mass is 9.70. The molecular weight excluding hydrogens is 560 g/mol. The normalized spacial score (nSPS) is 46.9. The summed E-state index contributed by atoms with van der Waals surface area (Å²) in [7, 11) is 0. The summed E-state index contributed by atoms with van der Waals surface area (Å²) in [5.74, 6) is 2.06. The number of alkyl halides is 2. The number of ether oxygens (including phenoxy) is 1. The van der Waals surface area contributed by atoms with Gasteiger partial charge in [-0.15, -0.1) is 0 Å². The van der Waals surface area contributed by atoms with E-state index in [4.69, 9.17) is 4.74 Å². The van der Waals surface area contributed by atoms with Gasteiger partial charge in [-0.3, -0.25) is 0 Å². The van der Waals surface area contributed by atoms with Gasteiger partial charge in [-0.2, -0.15) is 0 Å². The Morgan fingerprint density at radius 1 is 0.600 bits per heavy atom. The van der Waals surface area contributed by atoms with Crippen LogP contribution in [0.3, 0.4) is 0 Å². The lowest BCUT2D eigenvalue weighted by molar-refractivity contribution is -0.156. The molecule has 4 saturated carbocycles. The second-order valence-electron chi connectivity index (χ2n) is 13.2. The highest BCUT2D eigenvalue weighted by Gasteiger charge is 2.90. The van der Waals surface area contributed by atoms with Gasteiger partial charge in [0.05, 0.1) is 19.9 Å². The van der Waals surface area contributed by atoms with Gasteiger partial charge in [0, 0.05) is 10.8 Å². The van der Waals surface area contributed by atoms with Gasteiger partial charge in [0.15, 0.2) is 0 Å². The molecule has 0 radical (unpaired) electrons. The van der Waals surface area contributed by atoms with E-state index in [-0.39, 0.29) is 30.7 Å². The highest BCUT2D eigenvalue weighted by Crippen LogP contribution is 2.86. The molecule has 8 atom stereocenters. The third-order valence-corrected chi connectivity index (χ3v) is 15.1. The molecule has 4 aliphatic carbocycles. The highest BCUT2D eigenvalue weighted by atomic mass is 79.9. The molecule has 0 heterocycles. The minimum Gasteiger partial charge on any atom is -0.363 e. The lowest BCUT2D eigenvalue weighted by Gasteiger charge is -2.53. The molecule has 1 nitrogen and oxygen atoms in total.